The normalized spacial score (nSPS) is 15.6. The van der Waals surface area contributed by atoms with Crippen LogP contribution in [0.3, 0.4) is 0 Å². The monoisotopic (exact) mass is 214 g/mol. The Hall–Kier alpha value is -0.570. The van der Waals surface area contributed by atoms with Gasteiger partial charge in [0.05, 0.1) is 6.10 Å². The predicted molar refractivity (Wildman–Crippen MR) is 57.3 cm³/mol. The minimum Gasteiger partial charge on any atom is -0.390 e. The van der Waals surface area contributed by atoms with E-state index < -0.39 is 12.2 Å². The van der Waals surface area contributed by atoms with Crippen molar-refractivity contribution < 1.29 is 10.2 Å². The average molecular weight is 215 g/mol. The zero-order valence-electron chi connectivity index (χ0n) is 8.31. The van der Waals surface area contributed by atoms with Gasteiger partial charge in [-0.3, -0.25) is 0 Å². The molecular formula is C11H15ClO2. The second-order valence-electron chi connectivity index (χ2n) is 3.70. The molecule has 0 radical (unpaired) electrons. The Morgan fingerprint density at radius 1 is 1.14 bits per heavy atom. The summed E-state index contributed by atoms with van der Waals surface area (Å²) in [6.45, 7) is 3.70. The summed E-state index contributed by atoms with van der Waals surface area (Å²) >= 11 is 5.90. The molecule has 0 aliphatic heterocycles. The van der Waals surface area contributed by atoms with Gasteiger partial charge in [-0.25, -0.2) is 0 Å². The van der Waals surface area contributed by atoms with Gasteiger partial charge in [-0.1, -0.05) is 43.6 Å². The molecule has 2 nitrogen and oxygen atoms in total. The van der Waals surface area contributed by atoms with Crippen LogP contribution in [0.15, 0.2) is 24.3 Å². The summed E-state index contributed by atoms with van der Waals surface area (Å²) in [7, 11) is 0. The van der Waals surface area contributed by atoms with E-state index in [1.165, 1.54) is 0 Å². The molecule has 3 heteroatoms. The van der Waals surface area contributed by atoms with Crippen LogP contribution >= 0.6 is 11.6 Å². The standard InChI is InChI=1S/C11H15ClO2/c1-7(2)10(13)11(14)8-5-3-4-6-9(8)12/h3-7,10-11,13-14H,1-2H3/t10-,11-/m0/s1. The van der Waals surface area contributed by atoms with Gasteiger partial charge in [0.1, 0.15) is 6.10 Å². The third kappa shape index (κ3) is 2.47. The molecule has 0 saturated heterocycles. The van der Waals surface area contributed by atoms with Crippen molar-refractivity contribution in [3.8, 4) is 0 Å². The topological polar surface area (TPSA) is 40.5 Å². The largest absolute Gasteiger partial charge is 0.390 e. The van der Waals surface area contributed by atoms with E-state index in [0.29, 0.717) is 10.6 Å². The molecule has 0 unspecified atom stereocenters. The number of aliphatic hydroxyl groups excluding tert-OH is 2. The molecular weight excluding hydrogens is 200 g/mol. The fourth-order valence-corrected chi connectivity index (χ4v) is 1.51. The second kappa shape index (κ2) is 4.78. The van der Waals surface area contributed by atoms with Gasteiger partial charge >= 0.3 is 0 Å². The highest BCUT2D eigenvalue weighted by Gasteiger charge is 2.22. The fraction of sp³-hybridized carbons (Fsp3) is 0.455. The SMILES string of the molecule is CC(C)[C@H](O)[C@@H](O)c1ccccc1Cl. The zero-order chi connectivity index (χ0) is 10.7. The molecule has 78 valence electrons. The molecule has 0 aliphatic rings. The van der Waals surface area contributed by atoms with Gasteiger partial charge in [-0.15, -0.1) is 0 Å². The number of aliphatic hydroxyl groups is 2. The molecule has 0 aromatic heterocycles. The minimum absolute atomic E-state index is 0.00118. The first-order valence-electron chi connectivity index (χ1n) is 4.64. The first-order valence-corrected chi connectivity index (χ1v) is 5.02. The van der Waals surface area contributed by atoms with Gasteiger partial charge in [0, 0.05) is 10.6 Å². The number of rotatable bonds is 3. The number of hydrogen-bond acceptors (Lipinski definition) is 2. The van der Waals surface area contributed by atoms with E-state index >= 15 is 0 Å². The Morgan fingerprint density at radius 3 is 2.21 bits per heavy atom. The number of benzene rings is 1. The minimum atomic E-state index is -0.913. The van der Waals surface area contributed by atoms with E-state index in [-0.39, 0.29) is 5.92 Å². The summed E-state index contributed by atoms with van der Waals surface area (Å²) < 4.78 is 0. The van der Waals surface area contributed by atoms with Crippen LogP contribution in [0.2, 0.25) is 5.02 Å². The van der Waals surface area contributed by atoms with Crippen LogP contribution < -0.4 is 0 Å². The second-order valence-corrected chi connectivity index (χ2v) is 4.11. The van der Waals surface area contributed by atoms with Crippen LogP contribution in [0.25, 0.3) is 0 Å². The molecule has 1 aromatic carbocycles. The fourth-order valence-electron chi connectivity index (χ4n) is 1.26. The predicted octanol–water partition coefficient (Wildman–Crippen LogP) is 2.39. The molecule has 0 bridgehead atoms. The molecule has 0 amide bonds. The van der Waals surface area contributed by atoms with Crippen LogP contribution in [0.1, 0.15) is 25.5 Å². The van der Waals surface area contributed by atoms with E-state index in [2.05, 4.69) is 0 Å². The van der Waals surface area contributed by atoms with Crippen molar-refractivity contribution in [3.05, 3.63) is 34.9 Å². The maximum absolute atomic E-state index is 9.81. The maximum atomic E-state index is 9.81. The highest BCUT2D eigenvalue weighted by molar-refractivity contribution is 6.31. The lowest BCUT2D eigenvalue weighted by molar-refractivity contribution is -0.00934. The average Bonchev–Trinajstić information content (AvgIpc) is 2.16. The quantitative estimate of drug-likeness (QED) is 0.811. The van der Waals surface area contributed by atoms with Crippen LogP contribution in [0.4, 0.5) is 0 Å². The van der Waals surface area contributed by atoms with Crippen molar-refractivity contribution in [3.63, 3.8) is 0 Å². The number of halogens is 1. The summed E-state index contributed by atoms with van der Waals surface area (Å²) in [5.41, 5.74) is 0.579. The van der Waals surface area contributed by atoms with Gasteiger partial charge in [0.25, 0.3) is 0 Å². The van der Waals surface area contributed by atoms with Crippen LogP contribution in [-0.2, 0) is 0 Å². The van der Waals surface area contributed by atoms with Crippen molar-refractivity contribution in [2.45, 2.75) is 26.1 Å². The molecule has 2 atom stereocenters. The molecule has 0 heterocycles. The van der Waals surface area contributed by atoms with Gasteiger partial charge in [0.2, 0.25) is 0 Å². The zero-order valence-corrected chi connectivity index (χ0v) is 9.07. The summed E-state index contributed by atoms with van der Waals surface area (Å²) in [4.78, 5) is 0. The summed E-state index contributed by atoms with van der Waals surface area (Å²) in [6, 6.07) is 7.00. The lowest BCUT2D eigenvalue weighted by Crippen LogP contribution is -2.24. The Bertz CT molecular complexity index is 299. The van der Waals surface area contributed by atoms with Crippen LogP contribution in [-0.4, -0.2) is 16.3 Å². The Balaban J connectivity index is 2.89. The van der Waals surface area contributed by atoms with Crippen molar-refractivity contribution >= 4 is 11.6 Å². The van der Waals surface area contributed by atoms with Crippen molar-refractivity contribution in [2.75, 3.05) is 0 Å². The van der Waals surface area contributed by atoms with Gasteiger partial charge in [-0.2, -0.15) is 0 Å². The Kier molecular flexibility index (Phi) is 3.93. The van der Waals surface area contributed by atoms with Gasteiger partial charge in [0.15, 0.2) is 0 Å². The molecule has 0 aliphatic carbocycles. The Labute approximate surface area is 89.1 Å². The van der Waals surface area contributed by atoms with Crippen LogP contribution in [0, 0.1) is 5.92 Å². The summed E-state index contributed by atoms with van der Waals surface area (Å²) in [5.74, 6) is 0.00118. The summed E-state index contributed by atoms with van der Waals surface area (Å²) in [6.07, 6.45) is -1.70. The lowest BCUT2D eigenvalue weighted by Gasteiger charge is -2.22. The van der Waals surface area contributed by atoms with E-state index in [0.717, 1.165) is 0 Å². The molecule has 1 aromatic rings. The molecule has 0 spiro atoms. The van der Waals surface area contributed by atoms with Crippen LogP contribution in [0.5, 0.6) is 0 Å². The molecule has 0 fully saturated rings. The summed E-state index contributed by atoms with van der Waals surface area (Å²) in [5, 5.41) is 20.0. The van der Waals surface area contributed by atoms with Crippen molar-refractivity contribution in [1.82, 2.24) is 0 Å². The first kappa shape index (κ1) is 11.5. The van der Waals surface area contributed by atoms with Gasteiger partial charge in [-0.05, 0) is 12.0 Å². The maximum Gasteiger partial charge on any atom is 0.107 e. The highest BCUT2D eigenvalue weighted by atomic mass is 35.5. The van der Waals surface area contributed by atoms with E-state index in [4.69, 9.17) is 11.6 Å². The molecule has 1 rings (SSSR count). The van der Waals surface area contributed by atoms with Gasteiger partial charge < -0.3 is 10.2 Å². The smallest absolute Gasteiger partial charge is 0.107 e. The molecule has 14 heavy (non-hydrogen) atoms. The number of hydrogen-bond donors (Lipinski definition) is 2. The lowest BCUT2D eigenvalue weighted by atomic mass is 9.96. The van der Waals surface area contributed by atoms with E-state index in [9.17, 15) is 10.2 Å². The first-order chi connectivity index (χ1) is 6.54. The van der Waals surface area contributed by atoms with E-state index in [1.807, 2.05) is 13.8 Å². The van der Waals surface area contributed by atoms with Crippen molar-refractivity contribution in [2.24, 2.45) is 5.92 Å². The van der Waals surface area contributed by atoms with E-state index in [1.54, 1.807) is 24.3 Å². The molecule has 0 saturated carbocycles. The Morgan fingerprint density at radius 2 is 1.71 bits per heavy atom. The third-order valence-corrected chi connectivity index (χ3v) is 2.57. The highest BCUT2D eigenvalue weighted by Crippen LogP contribution is 2.27. The van der Waals surface area contributed by atoms with Crippen molar-refractivity contribution in [1.29, 1.82) is 0 Å². The molecule has 2 N–H and O–H groups in total. The third-order valence-electron chi connectivity index (χ3n) is 2.23.